The summed E-state index contributed by atoms with van der Waals surface area (Å²) in [7, 11) is 1.63. The van der Waals surface area contributed by atoms with Gasteiger partial charge in [-0.2, -0.15) is 8.78 Å². The number of aromatic nitrogens is 1. The van der Waals surface area contributed by atoms with Gasteiger partial charge in [-0.3, -0.25) is 0 Å². The van der Waals surface area contributed by atoms with Crippen LogP contribution in [0.4, 0.5) is 14.5 Å². The number of hydrogen-bond acceptors (Lipinski definition) is 5. The van der Waals surface area contributed by atoms with E-state index in [1.165, 1.54) is 23.5 Å². The van der Waals surface area contributed by atoms with Gasteiger partial charge in [-0.05, 0) is 67.4 Å². The first kappa shape index (κ1) is 24.0. The van der Waals surface area contributed by atoms with Crippen LogP contribution in [-0.4, -0.2) is 30.0 Å². The molecule has 0 amide bonds. The molecule has 1 aromatic heterocycles. The van der Waals surface area contributed by atoms with Crippen LogP contribution in [0.1, 0.15) is 11.3 Å². The van der Waals surface area contributed by atoms with E-state index >= 15 is 0 Å². The molecule has 0 bridgehead atoms. The van der Waals surface area contributed by atoms with Crippen LogP contribution in [0.3, 0.4) is 0 Å². The Bertz CT molecular complexity index is 1000. The molecule has 0 radical (unpaired) electrons. The molecule has 3 rings (SSSR count). The molecule has 3 aromatic rings. The van der Waals surface area contributed by atoms with Crippen molar-refractivity contribution in [3.63, 3.8) is 0 Å². The number of aliphatic hydroxyl groups is 1. The van der Waals surface area contributed by atoms with Crippen LogP contribution in [0.25, 0.3) is 11.3 Å². The zero-order valence-corrected chi connectivity index (χ0v) is 19.1. The number of benzene rings is 2. The van der Waals surface area contributed by atoms with E-state index in [4.69, 9.17) is 4.74 Å². The van der Waals surface area contributed by atoms with Crippen molar-refractivity contribution in [2.45, 2.75) is 26.5 Å². The molecule has 0 atom stereocenters. The summed E-state index contributed by atoms with van der Waals surface area (Å²) < 4.78 is 36.3. The molecule has 5 nitrogen and oxygen atoms in total. The van der Waals surface area contributed by atoms with E-state index in [1.807, 2.05) is 31.2 Å². The van der Waals surface area contributed by atoms with E-state index in [2.05, 4.69) is 14.3 Å². The molecule has 30 heavy (non-hydrogen) atoms. The minimum absolute atomic E-state index is 0. The van der Waals surface area contributed by atoms with Gasteiger partial charge in [0, 0.05) is 18.0 Å². The Hall–Kier alpha value is -2.23. The highest BCUT2D eigenvalue weighted by molar-refractivity contribution is 8.93. The molecule has 2 aromatic carbocycles. The first-order valence-electron chi connectivity index (χ1n) is 9.07. The molecule has 0 aliphatic heterocycles. The van der Waals surface area contributed by atoms with Crippen molar-refractivity contribution in [3.8, 4) is 22.8 Å². The zero-order valence-electron chi connectivity index (χ0n) is 16.5. The summed E-state index contributed by atoms with van der Waals surface area (Å²) in [6.45, 7) is -0.153. The van der Waals surface area contributed by atoms with E-state index in [1.54, 1.807) is 19.2 Å². The summed E-state index contributed by atoms with van der Waals surface area (Å²) in [6.07, 6.45) is 0.591. The van der Waals surface area contributed by atoms with Gasteiger partial charge in [0.2, 0.25) is 0 Å². The Labute approximate surface area is 188 Å². The largest absolute Gasteiger partial charge is 0.497 e. The third kappa shape index (κ3) is 5.90. The van der Waals surface area contributed by atoms with E-state index in [0.717, 1.165) is 26.7 Å². The Balaban J connectivity index is 0.00000320. The van der Waals surface area contributed by atoms with Crippen molar-refractivity contribution in [2.75, 3.05) is 13.7 Å². The number of nitrogens with zero attached hydrogens (tertiary/aromatic N) is 2. The first-order chi connectivity index (χ1) is 14.0. The molecule has 0 saturated heterocycles. The number of alkyl halides is 2. The molecule has 0 saturated carbocycles. The lowest BCUT2D eigenvalue weighted by atomic mass is 10.1. The average Bonchev–Trinajstić information content (AvgIpc) is 3.02. The summed E-state index contributed by atoms with van der Waals surface area (Å²) in [5.74, 6) is 0.868. The Morgan fingerprint density at radius 1 is 1.07 bits per heavy atom. The third-order valence-corrected chi connectivity index (χ3v) is 5.26. The fraction of sp³-hybridized carbons (Fsp3) is 0.286. The van der Waals surface area contributed by atoms with Gasteiger partial charge < -0.3 is 19.1 Å². The van der Waals surface area contributed by atoms with Crippen molar-refractivity contribution in [3.05, 3.63) is 58.2 Å². The number of aryl methyl sites for hydroxylation is 1. The molecule has 0 aliphatic rings. The van der Waals surface area contributed by atoms with E-state index in [9.17, 15) is 13.9 Å². The van der Waals surface area contributed by atoms with Crippen molar-refractivity contribution in [1.82, 2.24) is 4.57 Å². The monoisotopic (exact) mass is 500 g/mol. The van der Waals surface area contributed by atoms with Crippen molar-refractivity contribution >= 4 is 34.0 Å². The molecule has 9 heteroatoms. The average molecular weight is 501 g/mol. The second kappa shape index (κ2) is 11.2. The number of ether oxygens (including phenoxy) is 2. The fourth-order valence-electron chi connectivity index (χ4n) is 2.97. The SMILES string of the molecule is Br.COc1ccc(-c2c(C)sc(=Nc3ccc(OC(F)F)cc3)n2CCCO)cc1. The van der Waals surface area contributed by atoms with Crippen LogP contribution in [0, 0.1) is 6.92 Å². The summed E-state index contributed by atoms with van der Waals surface area (Å²) in [5, 5.41) is 9.32. The number of aliphatic hydroxyl groups excluding tert-OH is 1. The minimum atomic E-state index is -2.86. The summed E-state index contributed by atoms with van der Waals surface area (Å²) >= 11 is 1.54. The van der Waals surface area contributed by atoms with Gasteiger partial charge >= 0.3 is 6.61 Å². The highest BCUT2D eigenvalue weighted by atomic mass is 79.9. The zero-order chi connectivity index (χ0) is 20.8. The van der Waals surface area contributed by atoms with Gasteiger partial charge in [0.25, 0.3) is 0 Å². The number of rotatable bonds is 8. The van der Waals surface area contributed by atoms with Gasteiger partial charge in [-0.1, -0.05) is 0 Å². The van der Waals surface area contributed by atoms with Gasteiger partial charge in [0.15, 0.2) is 4.80 Å². The molecular weight excluding hydrogens is 478 g/mol. The number of methoxy groups -OCH3 is 1. The lowest BCUT2D eigenvalue weighted by Gasteiger charge is -2.10. The summed E-state index contributed by atoms with van der Waals surface area (Å²) in [5.41, 5.74) is 2.69. The normalized spacial score (nSPS) is 11.5. The quantitative estimate of drug-likeness (QED) is 0.454. The highest BCUT2D eigenvalue weighted by Crippen LogP contribution is 2.28. The van der Waals surface area contributed by atoms with Gasteiger partial charge in [-0.25, -0.2) is 4.99 Å². The Morgan fingerprint density at radius 3 is 2.27 bits per heavy atom. The Kier molecular flexibility index (Phi) is 9.01. The molecule has 0 spiro atoms. The molecule has 1 heterocycles. The maximum atomic E-state index is 12.3. The van der Waals surface area contributed by atoms with Gasteiger partial charge in [0.1, 0.15) is 11.5 Å². The van der Waals surface area contributed by atoms with Crippen LogP contribution in [-0.2, 0) is 6.54 Å². The maximum absolute atomic E-state index is 12.3. The van der Waals surface area contributed by atoms with Crippen molar-refractivity contribution in [1.29, 1.82) is 0 Å². The van der Waals surface area contributed by atoms with Crippen LogP contribution in [0.15, 0.2) is 53.5 Å². The number of thiazole rings is 1. The van der Waals surface area contributed by atoms with Crippen LogP contribution in [0.5, 0.6) is 11.5 Å². The maximum Gasteiger partial charge on any atom is 0.387 e. The smallest absolute Gasteiger partial charge is 0.387 e. The minimum Gasteiger partial charge on any atom is -0.497 e. The second-order valence-electron chi connectivity index (χ2n) is 6.23. The van der Waals surface area contributed by atoms with Crippen molar-refractivity contribution in [2.24, 2.45) is 4.99 Å². The molecule has 0 fully saturated rings. The fourth-order valence-corrected chi connectivity index (χ4v) is 4.01. The molecule has 162 valence electrons. The number of hydrogen-bond donors (Lipinski definition) is 1. The molecular formula is C21H23BrF2N2O3S. The topological polar surface area (TPSA) is 56.0 Å². The van der Waals surface area contributed by atoms with E-state index < -0.39 is 6.61 Å². The van der Waals surface area contributed by atoms with Crippen LogP contribution in [0.2, 0.25) is 0 Å². The van der Waals surface area contributed by atoms with E-state index in [-0.39, 0.29) is 29.3 Å². The van der Waals surface area contributed by atoms with E-state index in [0.29, 0.717) is 18.7 Å². The lowest BCUT2D eigenvalue weighted by Crippen LogP contribution is -2.16. The molecule has 1 N–H and O–H groups in total. The Morgan fingerprint density at radius 2 is 1.70 bits per heavy atom. The molecule has 0 aliphatic carbocycles. The van der Waals surface area contributed by atoms with Gasteiger partial charge in [0.05, 0.1) is 18.5 Å². The van der Waals surface area contributed by atoms with Crippen LogP contribution >= 0.6 is 28.3 Å². The summed E-state index contributed by atoms with van der Waals surface area (Å²) in [6, 6.07) is 14.0. The molecule has 0 unspecified atom stereocenters. The van der Waals surface area contributed by atoms with Gasteiger partial charge in [-0.15, -0.1) is 28.3 Å². The predicted octanol–water partition coefficient (Wildman–Crippen LogP) is 5.33. The third-order valence-electron chi connectivity index (χ3n) is 4.27. The summed E-state index contributed by atoms with van der Waals surface area (Å²) in [4.78, 5) is 6.54. The standard InChI is InChI=1S/C21H22F2N2O3S.BrH/c1-14-19(15-4-8-17(27-2)9-5-15)25(12-3-13-26)21(29-14)24-16-6-10-18(11-7-16)28-20(22)23;/h4-11,20,26H,3,12-13H2,1-2H3;1H. The lowest BCUT2D eigenvalue weighted by molar-refractivity contribution is -0.0498. The highest BCUT2D eigenvalue weighted by Gasteiger charge is 2.13. The predicted molar refractivity (Wildman–Crippen MR) is 119 cm³/mol. The first-order valence-corrected chi connectivity index (χ1v) is 9.88. The van der Waals surface area contributed by atoms with Crippen molar-refractivity contribution < 1.29 is 23.4 Å². The second-order valence-corrected chi connectivity index (χ2v) is 7.41. The number of halogens is 3. The van der Waals surface area contributed by atoms with Crippen LogP contribution < -0.4 is 14.3 Å².